The number of carbonyl (C=O) groups is 1. The molecule has 0 radical (unpaired) electrons. The number of hydrogen-bond acceptors (Lipinski definition) is 2. The van der Waals surface area contributed by atoms with Crippen LogP contribution in [0.4, 0.5) is 0 Å². The van der Waals surface area contributed by atoms with Gasteiger partial charge >= 0.3 is 0 Å². The predicted molar refractivity (Wildman–Crippen MR) is 84.0 cm³/mol. The number of ether oxygens (including phenoxy) is 1. The second-order valence-corrected chi connectivity index (χ2v) is 6.29. The van der Waals surface area contributed by atoms with Gasteiger partial charge in [-0.2, -0.15) is 0 Å². The number of amides is 1. The molecule has 1 amide bonds. The van der Waals surface area contributed by atoms with Crippen LogP contribution in [0.1, 0.15) is 44.1 Å². The lowest BCUT2D eigenvalue weighted by molar-refractivity contribution is -0.122. The van der Waals surface area contributed by atoms with Crippen molar-refractivity contribution in [2.45, 2.75) is 51.5 Å². The van der Waals surface area contributed by atoms with Gasteiger partial charge < -0.3 is 10.1 Å². The van der Waals surface area contributed by atoms with E-state index in [0.717, 1.165) is 29.5 Å². The van der Waals surface area contributed by atoms with Crippen molar-refractivity contribution in [3.63, 3.8) is 0 Å². The largest absolute Gasteiger partial charge is 0.492 e. The number of nitrogens with one attached hydrogen (secondary N) is 1. The number of aryl methyl sites for hydroxylation is 1. The summed E-state index contributed by atoms with van der Waals surface area (Å²) in [5.41, 5.74) is 1.19. The van der Waals surface area contributed by atoms with Crippen LogP contribution in [0.15, 0.2) is 22.7 Å². The quantitative estimate of drug-likeness (QED) is 0.796. The van der Waals surface area contributed by atoms with Gasteiger partial charge in [0.1, 0.15) is 5.75 Å². The lowest BCUT2D eigenvalue weighted by Gasteiger charge is -2.12. The number of halogens is 1. The van der Waals surface area contributed by atoms with Gasteiger partial charge in [0.05, 0.1) is 11.1 Å². The molecule has 0 aromatic heterocycles. The molecule has 1 aromatic carbocycles. The molecule has 3 nitrogen and oxygen atoms in total. The molecule has 1 aromatic rings. The Morgan fingerprint density at radius 1 is 1.40 bits per heavy atom. The van der Waals surface area contributed by atoms with E-state index in [2.05, 4.69) is 21.2 Å². The molecule has 1 aliphatic rings. The Labute approximate surface area is 129 Å². The Morgan fingerprint density at radius 3 is 2.85 bits per heavy atom. The van der Waals surface area contributed by atoms with Gasteiger partial charge in [0.2, 0.25) is 5.91 Å². The van der Waals surface area contributed by atoms with Crippen LogP contribution in [-0.2, 0) is 4.79 Å². The highest BCUT2D eigenvalue weighted by Gasteiger charge is 2.16. The maximum Gasteiger partial charge on any atom is 0.220 e. The maximum atomic E-state index is 11.7. The van der Waals surface area contributed by atoms with E-state index in [4.69, 9.17) is 4.74 Å². The summed E-state index contributed by atoms with van der Waals surface area (Å²) in [5.74, 6) is 0.996. The van der Waals surface area contributed by atoms with Gasteiger partial charge in [-0.25, -0.2) is 0 Å². The molecule has 0 bridgehead atoms. The van der Waals surface area contributed by atoms with Crippen molar-refractivity contribution in [3.05, 3.63) is 28.2 Å². The molecule has 0 spiro atoms. The monoisotopic (exact) mass is 339 g/mol. The van der Waals surface area contributed by atoms with Gasteiger partial charge in [-0.15, -0.1) is 0 Å². The zero-order chi connectivity index (χ0) is 14.4. The van der Waals surface area contributed by atoms with Gasteiger partial charge in [-0.05, 0) is 59.8 Å². The van der Waals surface area contributed by atoms with Gasteiger partial charge in [-0.1, -0.05) is 18.9 Å². The molecule has 0 atom stereocenters. The fraction of sp³-hybridized carbons (Fsp3) is 0.562. The van der Waals surface area contributed by atoms with Crippen molar-refractivity contribution in [2.24, 2.45) is 0 Å². The molecule has 1 N–H and O–H groups in total. The van der Waals surface area contributed by atoms with Gasteiger partial charge in [0.25, 0.3) is 0 Å². The number of hydrogen-bond donors (Lipinski definition) is 1. The molecule has 0 unspecified atom stereocenters. The van der Waals surface area contributed by atoms with Gasteiger partial charge in [0.15, 0.2) is 0 Å². The Kier molecular flexibility index (Phi) is 5.89. The fourth-order valence-electron chi connectivity index (χ4n) is 2.51. The molecule has 0 aliphatic heterocycles. The molecule has 1 aliphatic carbocycles. The molecule has 0 heterocycles. The summed E-state index contributed by atoms with van der Waals surface area (Å²) in [6.07, 6.45) is 6.06. The molecule has 110 valence electrons. The highest BCUT2D eigenvalue weighted by Crippen LogP contribution is 2.25. The van der Waals surface area contributed by atoms with Crippen LogP contribution in [0.3, 0.4) is 0 Å². The molecule has 1 fully saturated rings. The number of rotatable bonds is 6. The summed E-state index contributed by atoms with van der Waals surface area (Å²) in [5, 5.41) is 3.09. The van der Waals surface area contributed by atoms with Gasteiger partial charge in [-0.3, -0.25) is 4.79 Å². The third kappa shape index (κ3) is 4.82. The van der Waals surface area contributed by atoms with Crippen LogP contribution in [0.5, 0.6) is 5.75 Å². The molecule has 20 heavy (non-hydrogen) atoms. The van der Waals surface area contributed by atoms with E-state index in [1.807, 2.05) is 25.1 Å². The van der Waals surface area contributed by atoms with Crippen LogP contribution in [0.2, 0.25) is 0 Å². The van der Waals surface area contributed by atoms with E-state index in [0.29, 0.717) is 19.1 Å². The van der Waals surface area contributed by atoms with Crippen molar-refractivity contribution in [1.29, 1.82) is 0 Å². The second-order valence-electron chi connectivity index (χ2n) is 5.43. The fourth-order valence-corrected chi connectivity index (χ4v) is 3.12. The Balaban J connectivity index is 1.64. The number of carbonyl (C=O) groups excluding carboxylic acids is 1. The zero-order valence-electron chi connectivity index (χ0n) is 12.0. The van der Waals surface area contributed by atoms with Crippen LogP contribution in [0.25, 0.3) is 0 Å². The normalized spacial score (nSPS) is 15.3. The first-order valence-electron chi connectivity index (χ1n) is 7.33. The first-order chi connectivity index (χ1) is 9.65. The van der Waals surface area contributed by atoms with E-state index in [1.165, 1.54) is 18.4 Å². The van der Waals surface area contributed by atoms with Crippen molar-refractivity contribution < 1.29 is 9.53 Å². The summed E-state index contributed by atoms with van der Waals surface area (Å²) in [4.78, 5) is 11.7. The summed E-state index contributed by atoms with van der Waals surface area (Å²) >= 11 is 3.48. The Morgan fingerprint density at radius 2 is 2.15 bits per heavy atom. The van der Waals surface area contributed by atoms with E-state index < -0.39 is 0 Å². The van der Waals surface area contributed by atoms with E-state index >= 15 is 0 Å². The third-order valence-electron chi connectivity index (χ3n) is 3.61. The topological polar surface area (TPSA) is 38.3 Å². The molecule has 4 heteroatoms. The maximum absolute atomic E-state index is 11.7. The molecular formula is C16H22BrNO2. The Bertz CT molecular complexity index is 456. The van der Waals surface area contributed by atoms with Crippen molar-refractivity contribution in [2.75, 3.05) is 6.61 Å². The van der Waals surface area contributed by atoms with Crippen LogP contribution >= 0.6 is 15.9 Å². The van der Waals surface area contributed by atoms with Crippen LogP contribution in [0, 0.1) is 6.92 Å². The Hall–Kier alpha value is -1.03. The average molecular weight is 340 g/mol. The first kappa shape index (κ1) is 15.4. The lowest BCUT2D eigenvalue weighted by atomic mass is 10.2. The summed E-state index contributed by atoms with van der Waals surface area (Å²) in [7, 11) is 0. The van der Waals surface area contributed by atoms with Crippen molar-refractivity contribution in [1.82, 2.24) is 5.32 Å². The van der Waals surface area contributed by atoms with Crippen molar-refractivity contribution in [3.8, 4) is 5.75 Å². The summed E-state index contributed by atoms with van der Waals surface area (Å²) < 4.78 is 6.65. The van der Waals surface area contributed by atoms with Crippen LogP contribution < -0.4 is 10.1 Å². The first-order valence-corrected chi connectivity index (χ1v) is 8.13. The molecule has 2 rings (SSSR count). The van der Waals surface area contributed by atoms with E-state index in [-0.39, 0.29) is 5.91 Å². The van der Waals surface area contributed by atoms with Crippen molar-refractivity contribution >= 4 is 21.8 Å². The highest BCUT2D eigenvalue weighted by atomic mass is 79.9. The van der Waals surface area contributed by atoms with Gasteiger partial charge in [0, 0.05) is 12.5 Å². The van der Waals surface area contributed by atoms with E-state index in [1.54, 1.807) is 0 Å². The standard InChI is InChI=1S/C16H22BrNO2/c1-12-8-9-15(14(17)11-12)20-10-4-7-16(19)18-13-5-2-3-6-13/h8-9,11,13H,2-7,10H2,1H3,(H,18,19). The average Bonchev–Trinajstić information content (AvgIpc) is 2.89. The number of benzene rings is 1. The smallest absolute Gasteiger partial charge is 0.220 e. The minimum Gasteiger partial charge on any atom is -0.492 e. The third-order valence-corrected chi connectivity index (χ3v) is 4.23. The summed E-state index contributed by atoms with van der Waals surface area (Å²) in [6.45, 7) is 2.61. The summed E-state index contributed by atoms with van der Waals surface area (Å²) in [6, 6.07) is 6.42. The molecular weight excluding hydrogens is 318 g/mol. The minimum atomic E-state index is 0.156. The lowest BCUT2D eigenvalue weighted by Crippen LogP contribution is -2.32. The minimum absolute atomic E-state index is 0.156. The predicted octanol–water partition coefficient (Wildman–Crippen LogP) is 3.98. The molecule has 1 saturated carbocycles. The second kappa shape index (κ2) is 7.67. The SMILES string of the molecule is Cc1ccc(OCCCC(=O)NC2CCCC2)c(Br)c1. The zero-order valence-corrected chi connectivity index (χ0v) is 13.5. The van der Waals surface area contributed by atoms with E-state index in [9.17, 15) is 4.79 Å². The highest BCUT2D eigenvalue weighted by molar-refractivity contribution is 9.10. The molecule has 0 saturated heterocycles. The van der Waals surface area contributed by atoms with Crippen LogP contribution in [-0.4, -0.2) is 18.6 Å².